The minimum atomic E-state index is -0.114. The summed E-state index contributed by atoms with van der Waals surface area (Å²) in [5, 5.41) is 0. The number of amides is 1. The Bertz CT molecular complexity index is 687. The van der Waals surface area contributed by atoms with Crippen molar-refractivity contribution >= 4 is 11.6 Å². The van der Waals surface area contributed by atoms with Crippen molar-refractivity contribution in [3.8, 4) is 0 Å². The van der Waals surface area contributed by atoms with Crippen molar-refractivity contribution in [2.45, 2.75) is 32.0 Å². The van der Waals surface area contributed by atoms with E-state index in [0.29, 0.717) is 17.9 Å². The molecule has 120 valence electrons. The highest BCUT2D eigenvalue weighted by atomic mass is 16.5. The average molecular weight is 310 g/mol. The Kier molecular flexibility index (Phi) is 4.35. The van der Waals surface area contributed by atoms with E-state index < -0.39 is 0 Å². The quantitative estimate of drug-likeness (QED) is 0.866. The van der Waals surface area contributed by atoms with Crippen LogP contribution in [-0.4, -0.2) is 29.5 Å². The smallest absolute Gasteiger partial charge is 0.254 e. The summed E-state index contributed by atoms with van der Waals surface area (Å²) >= 11 is 0. The predicted octanol–water partition coefficient (Wildman–Crippen LogP) is 3.26. The zero-order valence-electron chi connectivity index (χ0n) is 13.5. The first-order chi connectivity index (χ1) is 11.1. The van der Waals surface area contributed by atoms with E-state index in [1.165, 1.54) is 0 Å². The molecule has 0 bridgehead atoms. The Hall–Kier alpha value is -2.33. The van der Waals surface area contributed by atoms with Crippen LogP contribution < -0.4 is 5.73 Å². The Labute approximate surface area is 136 Å². The van der Waals surface area contributed by atoms with Crippen molar-refractivity contribution in [3.63, 3.8) is 0 Å². The van der Waals surface area contributed by atoms with E-state index in [9.17, 15) is 4.79 Å². The van der Waals surface area contributed by atoms with Crippen molar-refractivity contribution in [2.24, 2.45) is 0 Å². The van der Waals surface area contributed by atoms with E-state index in [0.717, 1.165) is 5.56 Å². The Morgan fingerprint density at radius 3 is 2.57 bits per heavy atom. The van der Waals surface area contributed by atoms with Crippen LogP contribution in [0.1, 0.15) is 35.9 Å². The molecule has 1 heterocycles. The third-order valence-corrected chi connectivity index (χ3v) is 4.36. The van der Waals surface area contributed by atoms with Crippen molar-refractivity contribution < 1.29 is 9.53 Å². The van der Waals surface area contributed by atoms with Gasteiger partial charge < -0.3 is 15.4 Å². The number of rotatable bonds is 2. The topological polar surface area (TPSA) is 55.6 Å². The summed E-state index contributed by atoms with van der Waals surface area (Å²) in [5.74, 6) is 0.00142. The van der Waals surface area contributed by atoms with Crippen LogP contribution in [0.4, 0.5) is 5.69 Å². The van der Waals surface area contributed by atoms with Gasteiger partial charge in [-0.25, -0.2) is 0 Å². The first-order valence-electron chi connectivity index (χ1n) is 7.92. The number of morpholine rings is 1. The van der Waals surface area contributed by atoms with E-state index in [1.54, 1.807) is 12.1 Å². The fourth-order valence-corrected chi connectivity index (χ4v) is 3.23. The highest BCUT2D eigenvalue weighted by Gasteiger charge is 2.37. The first kappa shape index (κ1) is 15.6. The number of benzene rings is 2. The normalized spacial score (nSPS) is 24.4. The molecule has 3 rings (SSSR count). The number of carbonyl (C=O) groups is 1. The number of ether oxygens (including phenoxy) is 1. The molecule has 0 saturated carbocycles. The van der Waals surface area contributed by atoms with Gasteiger partial charge in [0, 0.05) is 11.3 Å². The molecular formula is C19H22N2O2. The minimum Gasteiger partial charge on any atom is -0.399 e. The maximum Gasteiger partial charge on any atom is 0.254 e. The average Bonchev–Trinajstić information content (AvgIpc) is 2.55. The van der Waals surface area contributed by atoms with Gasteiger partial charge in [0.05, 0.1) is 18.7 Å². The van der Waals surface area contributed by atoms with Gasteiger partial charge >= 0.3 is 0 Å². The molecule has 23 heavy (non-hydrogen) atoms. The first-order valence-corrected chi connectivity index (χ1v) is 7.92. The number of hydrogen-bond acceptors (Lipinski definition) is 3. The zero-order valence-corrected chi connectivity index (χ0v) is 13.5. The molecule has 4 heteroatoms. The van der Waals surface area contributed by atoms with Gasteiger partial charge in [-0.05, 0) is 37.6 Å². The molecule has 2 N–H and O–H groups in total. The van der Waals surface area contributed by atoms with E-state index in [4.69, 9.17) is 10.5 Å². The van der Waals surface area contributed by atoms with Gasteiger partial charge in [-0.3, -0.25) is 4.79 Å². The fourth-order valence-electron chi connectivity index (χ4n) is 3.23. The summed E-state index contributed by atoms with van der Waals surface area (Å²) in [4.78, 5) is 14.9. The second kappa shape index (κ2) is 6.42. The molecule has 4 nitrogen and oxygen atoms in total. The number of nitrogens with two attached hydrogens (primary N) is 1. The van der Waals surface area contributed by atoms with Crippen molar-refractivity contribution in [3.05, 3.63) is 65.7 Å². The molecule has 2 aromatic carbocycles. The molecule has 1 aliphatic heterocycles. The number of carbonyl (C=O) groups excluding carboxylic acids is 1. The van der Waals surface area contributed by atoms with Gasteiger partial charge in [-0.15, -0.1) is 0 Å². The van der Waals surface area contributed by atoms with Crippen LogP contribution in [0, 0.1) is 0 Å². The summed E-state index contributed by atoms with van der Waals surface area (Å²) in [6, 6.07) is 17.2. The molecular weight excluding hydrogens is 288 g/mol. The highest BCUT2D eigenvalue weighted by molar-refractivity contribution is 5.95. The lowest BCUT2D eigenvalue weighted by Crippen LogP contribution is -2.53. The van der Waals surface area contributed by atoms with Crippen LogP contribution in [0.25, 0.3) is 0 Å². The third kappa shape index (κ3) is 3.08. The second-order valence-corrected chi connectivity index (χ2v) is 6.09. The predicted molar refractivity (Wildman–Crippen MR) is 91.1 cm³/mol. The van der Waals surface area contributed by atoms with Crippen LogP contribution in [0.2, 0.25) is 0 Å². The van der Waals surface area contributed by atoms with Crippen LogP contribution in [0.3, 0.4) is 0 Å². The zero-order chi connectivity index (χ0) is 16.4. The number of hydrogen-bond donors (Lipinski definition) is 1. The Morgan fingerprint density at radius 2 is 1.87 bits per heavy atom. The van der Waals surface area contributed by atoms with Gasteiger partial charge in [0.1, 0.15) is 6.10 Å². The minimum absolute atomic E-state index is 0.00142. The molecule has 0 aliphatic carbocycles. The van der Waals surface area contributed by atoms with Crippen molar-refractivity contribution in [2.75, 3.05) is 12.3 Å². The van der Waals surface area contributed by atoms with Crippen LogP contribution in [-0.2, 0) is 4.74 Å². The monoisotopic (exact) mass is 310 g/mol. The lowest BCUT2D eigenvalue weighted by atomic mass is 9.97. The van der Waals surface area contributed by atoms with Crippen LogP contribution in [0.15, 0.2) is 54.6 Å². The molecule has 1 amide bonds. The van der Waals surface area contributed by atoms with Gasteiger partial charge in [-0.1, -0.05) is 36.4 Å². The van der Waals surface area contributed by atoms with Crippen LogP contribution in [0.5, 0.6) is 0 Å². The molecule has 0 unspecified atom stereocenters. The Balaban J connectivity index is 1.89. The summed E-state index contributed by atoms with van der Waals surface area (Å²) in [6.07, 6.45) is -0.114. The summed E-state index contributed by atoms with van der Waals surface area (Å²) < 4.78 is 6.01. The highest BCUT2D eigenvalue weighted by Crippen LogP contribution is 2.32. The lowest BCUT2D eigenvalue weighted by Gasteiger charge is -2.44. The molecule has 0 spiro atoms. The molecule has 0 radical (unpaired) electrons. The summed E-state index contributed by atoms with van der Waals surface area (Å²) in [6.45, 7) is 4.58. The number of anilines is 1. The Morgan fingerprint density at radius 1 is 1.13 bits per heavy atom. The standard InChI is InChI=1S/C19H22N2O2/c1-13-12-23-18(15-7-4-3-5-8-15)14(2)21(13)19(22)16-9-6-10-17(20)11-16/h3-11,13-14,18H,12,20H2,1-2H3/t13-,14+,18-/m1/s1. The SMILES string of the molecule is C[C@@H]1CO[C@@H](c2ccccc2)[C@H](C)N1C(=O)c1cccc(N)c1. The maximum atomic E-state index is 13.0. The summed E-state index contributed by atoms with van der Waals surface area (Å²) in [5.41, 5.74) is 8.14. The van der Waals surface area contributed by atoms with Crippen molar-refractivity contribution in [1.29, 1.82) is 0 Å². The van der Waals surface area contributed by atoms with Gasteiger partial charge in [0.15, 0.2) is 0 Å². The van der Waals surface area contributed by atoms with E-state index in [1.807, 2.05) is 61.2 Å². The maximum absolute atomic E-state index is 13.0. The molecule has 2 aromatic rings. The van der Waals surface area contributed by atoms with E-state index in [2.05, 4.69) is 0 Å². The van der Waals surface area contributed by atoms with Crippen molar-refractivity contribution in [1.82, 2.24) is 4.90 Å². The van der Waals surface area contributed by atoms with Gasteiger partial charge in [0.2, 0.25) is 0 Å². The number of nitrogens with zero attached hydrogens (tertiary/aromatic N) is 1. The molecule has 0 aromatic heterocycles. The molecule has 1 aliphatic rings. The van der Waals surface area contributed by atoms with Crippen LogP contribution >= 0.6 is 0 Å². The molecule has 1 fully saturated rings. The second-order valence-electron chi connectivity index (χ2n) is 6.09. The van der Waals surface area contributed by atoms with E-state index in [-0.39, 0.29) is 24.1 Å². The molecule has 1 saturated heterocycles. The molecule has 3 atom stereocenters. The van der Waals surface area contributed by atoms with Gasteiger partial charge in [0.25, 0.3) is 5.91 Å². The van der Waals surface area contributed by atoms with Gasteiger partial charge in [-0.2, -0.15) is 0 Å². The summed E-state index contributed by atoms with van der Waals surface area (Å²) in [7, 11) is 0. The number of nitrogen functional groups attached to an aromatic ring is 1. The van der Waals surface area contributed by atoms with E-state index >= 15 is 0 Å². The third-order valence-electron chi connectivity index (χ3n) is 4.36. The fraction of sp³-hybridized carbons (Fsp3) is 0.316. The lowest BCUT2D eigenvalue weighted by molar-refractivity contribution is -0.0806. The largest absolute Gasteiger partial charge is 0.399 e.